The maximum atomic E-state index is 13.6. The number of thioether (sulfide) groups is 2. The summed E-state index contributed by atoms with van der Waals surface area (Å²) in [6.07, 6.45) is 2.75. The van der Waals surface area contributed by atoms with Gasteiger partial charge in [-0.15, -0.1) is 11.8 Å². The Balaban J connectivity index is 1.50. The molecule has 0 N–H and O–H groups in total. The van der Waals surface area contributed by atoms with Gasteiger partial charge >= 0.3 is 0 Å². The molecule has 1 atom stereocenters. The minimum atomic E-state index is -0.0300. The van der Waals surface area contributed by atoms with Crippen LogP contribution in [0.2, 0.25) is 0 Å². The molecule has 0 saturated carbocycles. The fraction of sp³-hybridized carbons (Fsp3) is 0.346. The molecule has 1 aromatic heterocycles. The van der Waals surface area contributed by atoms with E-state index in [0.29, 0.717) is 10.4 Å². The van der Waals surface area contributed by atoms with Crippen molar-refractivity contribution in [2.75, 3.05) is 17.2 Å². The molecule has 3 aromatic rings. The Morgan fingerprint density at radius 1 is 1.18 bits per heavy atom. The van der Waals surface area contributed by atoms with Crippen LogP contribution in [0.3, 0.4) is 0 Å². The van der Waals surface area contributed by atoms with Crippen molar-refractivity contribution in [3.63, 3.8) is 0 Å². The summed E-state index contributed by atoms with van der Waals surface area (Å²) in [6, 6.07) is 14.2. The first-order valence-electron chi connectivity index (χ1n) is 11.3. The van der Waals surface area contributed by atoms with Crippen LogP contribution in [0.5, 0.6) is 0 Å². The van der Waals surface area contributed by atoms with E-state index in [1.165, 1.54) is 17.3 Å². The quantitative estimate of drug-likeness (QED) is 0.393. The van der Waals surface area contributed by atoms with Crippen molar-refractivity contribution in [3.05, 3.63) is 75.2 Å². The van der Waals surface area contributed by atoms with Gasteiger partial charge in [-0.2, -0.15) is 0 Å². The summed E-state index contributed by atoms with van der Waals surface area (Å²) in [6.45, 7) is 6.91. The van der Waals surface area contributed by atoms with Gasteiger partial charge in [-0.25, -0.2) is 4.98 Å². The zero-order valence-corrected chi connectivity index (χ0v) is 20.8. The lowest BCUT2D eigenvalue weighted by molar-refractivity contribution is -0.116. The average molecular weight is 478 g/mol. The van der Waals surface area contributed by atoms with Crippen LogP contribution in [0.1, 0.15) is 35.7 Å². The maximum absolute atomic E-state index is 13.6. The lowest BCUT2D eigenvalue weighted by atomic mass is 10.0. The summed E-state index contributed by atoms with van der Waals surface area (Å²) in [4.78, 5) is 34.3. The van der Waals surface area contributed by atoms with Gasteiger partial charge in [0.25, 0.3) is 5.56 Å². The summed E-state index contributed by atoms with van der Waals surface area (Å²) in [5.74, 6) is 0.296. The van der Waals surface area contributed by atoms with Crippen LogP contribution in [-0.4, -0.2) is 33.0 Å². The summed E-state index contributed by atoms with van der Waals surface area (Å²) >= 11 is 2.97. The number of para-hydroxylation sites is 1. The van der Waals surface area contributed by atoms with Gasteiger partial charge in [0.1, 0.15) is 0 Å². The highest BCUT2D eigenvalue weighted by atomic mass is 32.2. The number of nitrogens with zero attached hydrogens (tertiary/aromatic N) is 3. The monoisotopic (exact) mass is 477 g/mol. The molecule has 0 saturated heterocycles. The number of hydrogen-bond donors (Lipinski definition) is 0. The molecule has 5 rings (SSSR count). The van der Waals surface area contributed by atoms with E-state index in [2.05, 4.69) is 19.1 Å². The highest BCUT2D eigenvalue weighted by Crippen LogP contribution is 2.35. The number of carbonyl (C=O) groups is 1. The van der Waals surface area contributed by atoms with Crippen LogP contribution in [-0.2, 0) is 17.6 Å². The van der Waals surface area contributed by atoms with E-state index in [4.69, 9.17) is 4.98 Å². The zero-order valence-electron chi connectivity index (χ0n) is 19.1. The predicted molar refractivity (Wildman–Crippen MR) is 136 cm³/mol. The molecule has 170 valence electrons. The number of anilines is 1. The van der Waals surface area contributed by atoms with Crippen LogP contribution in [0.4, 0.5) is 5.69 Å². The first-order valence-corrected chi connectivity index (χ1v) is 13.2. The molecule has 1 unspecified atom stereocenters. The molecule has 0 spiro atoms. The average Bonchev–Trinajstić information content (AvgIpc) is 3.17. The second-order valence-corrected chi connectivity index (χ2v) is 11.2. The fourth-order valence-electron chi connectivity index (χ4n) is 4.70. The van der Waals surface area contributed by atoms with E-state index in [1.54, 1.807) is 16.3 Å². The van der Waals surface area contributed by atoms with Gasteiger partial charge in [0, 0.05) is 23.9 Å². The number of rotatable bonds is 4. The standard InChI is InChI=1S/C26H27N3O2S2/c1-16-11-17(2)13-20(12-16)29-25(31)24-21(14-18(3)33-24)27-26(29)32-15-23(30)28-10-6-8-19-7-4-5-9-22(19)28/h4-5,7,9,11-13,18H,6,8,10,14-15H2,1-3H3. The Labute approximate surface area is 202 Å². The van der Waals surface area contributed by atoms with Gasteiger partial charge in [-0.1, -0.05) is 43.0 Å². The Morgan fingerprint density at radius 3 is 2.73 bits per heavy atom. The van der Waals surface area contributed by atoms with Crippen LogP contribution >= 0.6 is 23.5 Å². The number of benzene rings is 2. The van der Waals surface area contributed by atoms with Gasteiger partial charge in [-0.3, -0.25) is 14.2 Å². The minimum Gasteiger partial charge on any atom is -0.311 e. The summed E-state index contributed by atoms with van der Waals surface area (Å²) in [5, 5.41) is 0.928. The highest BCUT2D eigenvalue weighted by molar-refractivity contribution is 8.00. The third kappa shape index (κ3) is 4.36. The van der Waals surface area contributed by atoms with Crippen LogP contribution in [0.25, 0.3) is 5.69 Å². The third-order valence-electron chi connectivity index (χ3n) is 6.08. The number of amides is 1. The van der Waals surface area contributed by atoms with Crippen molar-refractivity contribution >= 4 is 35.1 Å². The van der Waals surface area contributed by atoms with Gasteiger partial charge < -0.3 is 4.90 Å². The molecule has 1 amide bonds. The lowest BCUT2D eigenvalue weighted by Crippen LogP contribution is -2.36. The van der Waals surface area contributed by atoms with E-state index in [-0.39, 0.29) is 17.2 Å². The molecule has 0 aliphatic carbocycles. The van der Waals surface area contributed by atoms with Crippen molar-refractivity contribution in [3.8, 4) is 5.69 Å². The molecule has 33 heavy (non-hydrogen) atoms. The van der Waals surface area contributed by atoms with Gasteiger partial charge in [0.05, 0.1) is 22.0 Å². The third-order valence-corrected chi connectivity index (χ3v) is 8.22. The highest BCUT2D eigenvalue weighted by Gasteiger charge is 2.28. The molecule has 2 aliphatic heterocycles. The topological polar surface area (TPSA) is 55.2 Å². The van der Waals surface area contributed by atoms with Crippen LogP contribution < -0.4 is 10.5 Å². The van der Waals surface area contributed by atoms with Crippen molar-refractivity contribution in [2.45, 2.75) is 55.3 Å². The maximum Gasteiger partial charge on any atom is 0.272 e. The molecule has 3 heterocycles. The van der Waals surface area contributed by atoms with Crippen molar-refractivity contribution in [1.82, 2.24) is 9.55 Å². The predicted octanol–water partition coefficient (Wildman–Crippen LogP) is 4.96. The Kier molecular flexibility index (Phi) is 6.10. The molecule has 0 bridgehead atoms. The van der Waals surface area contributed by atoms with E-state index < -0.39 is 0 Å². The Hall–Kier alpha value is -2.51. The minimum absolute atomic E-state index is 0.0300. The fourth-order valence-corrected chi connectivity index (χ4v) is 6.70. The zero-order chi connectivity index (χ0) is 23.1. The number of carbonyl (C=O) groups excluding carboxylic acids is 1. The normalized spacial score (nSPS) is 17.1. The van der Waals surface area contributed by atoms with Gasteiger partial charge in [-0.05, 0) is 61.6 Å². The molecular formula is C26H27N3O2S2. The number of hydrogen-bond acceptors (Lipinski definition) is 5. The van der Waals surface area contributed by atoms with Crippen LogP contribution in [0, 0.1) is 13.8 Å². The SMILES string of the molecule is Cc1cc(C)cc(-n2c(SCC(=O)N3CCCc4ccccc43)nc3c(c2=O)SC(C)C3)c1. The van der Waals surface area contributed by atoms with E-state index in [9.17, 15) is 9.59 Å². The first-order chi connectivity index (χ1) is 15.9. The summed E-state index contributed by atoms with van der Waals surface area (Å²) < 4.78 is 1.70. The lowest BCUT2D eigenvalue weighted by Gasteiger charge is -2.29. The van der Waals surface area contributed by atoms with E-state index >= 15 is 0 Å². The molecule has 2 aliphatic rings. The van der Waals surface area contributed by atoms with E-state index in [0.717, 1.165) is 58.9 Å². The van der Waals surface area contributed by atoms with Gasteiger partial charge in [0.15, 0.2) is 5.16 Å². The van der Waals surface area contributed by atoms with Crippen molar-refractivity contribution in [2.24, 2.45) is 0 Å². The number of aryl methyl sites for hydroxylation is 3. The molecule has 0 fully saturated rings. The molecule has 5 nitrogen and oxygen atoms in total. The molecule has 7 heteroatoms. The Bertz CT molecular complexity index is 1280. The van der Waals surface area contributed by atoms with Crippen molar-refractivity contribution in [1.29, 1.82) is 0 Å². The smallest absolute Gasteiger partial charge is 0.272 e. The van der Waals surface area contributed by atoms with Crippen LogP contribution in [0.15, 0.2) is 57.3 Å². The molecule has 2 aromatic carbocycles. The first kappa shape index (κ1) is 22.3. The van der Waals surface area contributed by atoms with E-state index in [1.807, 2.05) is 49.1 Å². The molecular weight excluding hydrogens is 450 g/mol. The Morgan fingerprint density at radius 2 is 1.94 bits per heavy atom. The van der Waals surface area contributed by atoms with Gasteiger partial charge in [0.2, 0.25) is 5.91 Å². The molecule has 0 radical (unpaired) electrons. The number of aromatic nitrogens is 2. The summed E-state index contributed by atoms with van der Waals surface area (Å²) in [5.41, 5.74) is 6.05. The largest absolute Gasteiger partial charge is 0.311 e. The van der Waals surface area contributed by atoms with Crippen molar-refractivity contribution < 1.29 is 4.79 Å². The second kappa shape index (κ2) is 9.03. The number of fused-ring (bicyclic) bond motifs is 2. The second-order valence-electron chi connectivity index (χ2n) is 8.86. The summed E-state index contributed by atoms with van der Waals surface area (Å²) in [7, 11) is 0.